The maximum atomic E-state index is 9.50. The number of aromatic nitrogens is 2. The molecular weight excluding hydrogens is 244 g/mol. The van der Waals surface area contributed by atoms with Crippen molar-refractivity contribution in [2.75, 3.05) is 6.61 Å². The first-order valence-electron chi connectivity index (χ1n) is 6.41. The van der Waals surface area contributed by atoms with Crippen molar-refractivity contribution in [3.8, 4) is 22.6 Å². The smallest absolute Gasteiger partial charge is 0.150 e. The van der Waals surface area contributed by atoms with Crippen molar-refractivity contribution < 1.29 is 14.9 Å². The second-order valence-electron chi connectivity index (χ2n) is 4.77. The minimum Gasteiger partial charge on any atom is -0.508 e. The van der Waals surface area contributed by atoms with Gasteiger partial charge in [0.1, 0.15) is 17.7 Å². The molecule has 100 valence electrons. The number of aromatic hydroxyl groups is 2. The second-order valence-corrected chi connectivity index (χ2v) is 4.77. The normalized spacial score (nSPS) is 19.5. The highest BCUT2D eigenvalue weighted by Gasteiger charge is 2.17. The molecule has 0 spiro atoms. The first kappa shape index (κ1) is 12.0. The Morgan fingerprint density at radius 2 is 1.89 bits per heavy atom. The van der Waals surface area contributed by atoms with Gasteiger partial charge in [-0.15, -0.1) is 0 Å². The van der Waals surface area contributed by atoms with E-state index in [2.05, 4.69) is 5.10 Å². The van der Waals surface area contributed by atoms with Gasteiger partial charge in [0.25, 0.3) is 0 Å². The molecule has 0 bridgehead atoms. The van der Waals surface area contributed by atoms with Crippen molar-refractivity contribution in [2.45, 2.75) is 25.5 Å². The molecule has 1 fully saturated rings. The summed E-state index contributed by atoms with van der Waals surface area (Å²) in [4.78, 5) is 0. The van der Waals surface area contributed by atoms with E-state index >= 15 is 0 Å². The van der Waals surface area contributed by atoms with Gasteiger partial charge in [-0.2, -0.15) is 5.10 Å². The van der Waals surface area contributed by atoms with E-state index in [1.54, 1.807) is 23.0 Å². The van der Waals surface area contributed by atoms with E-state index in [1.165, 1.54) is 6.07 Å². The number of phenols is 2. The Balaban J connectivity index is 1.87. The molecular formula is C14H16N2O3. The zero-order valence-electron chi connectivity index (χ0n) is 10.5. The number of nitrogens with zero attached hydrogens (tertiary/aromatic N) is 2. The van der Waals surface area contributed by atoms with Crippen LogP contribution in [0.2, 0.25) is 0 Å². The molecule has 0 saturated carbocycles. The summed E-state index contributed by atoms with van der Waals surface area (Å²) in [7, 11) is 0. The van der Waals surface area contributed by atoms with Crippen molar-refractivity contribution in [3.63, 3.8) is 0 Å². The molecule has 1 aliphatic rings. The van der Waals surface area contributed by atoms with Gasteiger partial charge in [-0.25, -0.2) is 4.68 Å². The number of rotatable bonds is 2. The average Bonchev–Trinajstić information content (AvgIpc) is 2.88. The first-order valence-corrected chi connectivity index (χ1v) is 6.41. The Bertz CT molecular complexity index is 554. The average molecular weight is 260 g/mol. The molecule has 0 radical (unpaired) electrons. The fraction of sp³-hybridized carbons (Fsp3) is 0.357. The van der Waals surface area contributed by atoms with Crippen LogP contribution in [0.15, 0.2) is 30.6 Å². The topological polar surface area (TPSA) is 67.5 Å². The lowest BCUT2D eigenvalue weighted by molar-refractivity contribution is -0.0394. The Morgan fingerprint density at radius 1 is 1.11 bits per heavy atom. The van der Waals surface area contributed by atoms with Gasteiger partial charge < -0.3 is 14.9 Å². The quantitative estimate of drug-likeness (QED) is 0.871. The third-order valence-corrected chi connectivity index (χ3v) is 3.29. The number of ether oxygens (including phenoxy) is 1. The largest absolute Gasteiger partial charge is 0.508 e. The number of hydrogen-bond acceptors (Lipinski definition) is 4. The number of benzene rings is 1. The SMILES string of the molecule is Oc1cc(O)cc(-c2cnn(C3CCCCO3)c2)c1. The van der Waals surface area contributed by atoms with Crippen LogP contribution in [0.4, 0.5) is 0 Å². The predicted molar refractivity (Wildman–Crippen MR) is 69.8 cm³/mol. The molecule has 3 rings (SSSR count). The minimum absolute atomic E-state index is 0.00611. The molecule has 1 aromatic heterocycles. The fourth-order valence-corrected chi connectivity index (χ4v) is 2.34. The maximum absolute atomic E-state index is 9.50. The Labute approximate surface area is 111 Å². The van der Waals surface area contributed by atoms with E-state index in [4.69, 9.17) is 4.74 Å². The van der Waals surface area contributed by atoms with Crippen LogP contribution in [-0.2, 0) is 4.74 Å². The molecule has 5 nitrogen and oxygen atoms in total. The van der Waals surface area contributed by atoms with E-state index in [1.807, 2.05) is 6.20 Å². The van der Waals surface area contributed by atoms with Gasteiger partial charge in [0.15, 0.2) is 0 Å². The predicted octanol–water partition coefficient (Wildman–Crippen LogP) is 2.66. The van der Waals surface area contributed by atoms with Crippen LogP contribution in [-0.4, -0.2) is 26.6 Å². The van der Waals surface area contributed by atoms with E-state index in [0.29, 0.717) is 0 Å². The standard InChI is InChI=1S/C14H16N2O3/c17-12-5-10(6-13(18)7-12)11-8-15-16(9-11)14-3-1-2-4-19-14/h5-9,14,17-18H,1-4H2. The molecule has 0 amide bonds. The highest BCUT2D eigenvalue weighted by atomic mass is 16.5. The van der Waals surface area contributed by atoms with Crippen LogP contribution in [0, 0.1) is 0 Å². The number of phenolic OH excluding ortho intramolecular Hbond substituents is 2. The second kappa shape index (κ2) is 4.93. The summed E-state index contributed by atoms with van der Waals surface area (Å²) in [6, 6.07) is 4.50. The monoisotopic (exact) mass is 260 g/mol. The molecule has 1 aliphatic heterocycles. The van der Waals surface area contributed by atoms with Crippen LogP contribution >= 0.6 is 0 Å². The van der Waals surface area contributed by atoms with E-state index in [0.717, 1.165) is 37.0 Å². The van der Waals surface area contributed by atoms with Crippen LogP contribution in [0.1, 0.15) is 25.5 Å². The van der Waals surface area contributed by atoms with Gasteiger partial charge in [0.05, 0.1) is 6.20 Å². The van der Waals surface area contributed by atoms with Gasteiger partial charge in [0, 0.05) is 24.4 Å². The minimum atomic E-state index is -0.00611. The molecule has 5 heteroatoms. The van der Waals surface area contributed by atoms with Gasteiger partial charge in [0.2, 0.25) is 0 Å². The lowest BCUT2D eigenvalue weighted by atomic mass is 10.1. The molecule has 0 aliphatic carbocycles. The van der Waals surface area contributed by atoms with Gasteiger partial charge in [-0.3, -0.25) is 0 Å². The summed E-state index contributed by atoms with van der Waals surface area (Å²) in [6.45, 7) is 0.771. The van der Waals surface area contributed by atoms with E-state index < -0.39 is 0 Å². The summed E-state index contributed by atoms with van der Waals surface area (Å²) in [6.07, 6.45) is 6.80. The highest BCUT2D eigenvalue weighted by molar-refractivity contribution is 5.65. The van der Waals surface area contributed by atoms with Gasteiger partial charge >= 0.3 is 0 Å². The summed E-state index contributed by atoms with van der Waals surface area (Å²) in [5, 5.41) is 23.3. The lowest BCUT2D eigenvalue weighted by Crippen LogP contribution is -2.18. The van der Waals surface area contributed by atoms with Crippen LogP contribution in [0.25, 0.3) is 11.1 Å². The van der Waals surface area contributed by atoms with E-state index in [-0.39, 0.29) is 17.7 Å². The summed E-state index contributed by atoms with van der Waals surface area (Å²) >= 11 is 0. The molecule has 1 saturated heterocycles. The highest BCUT2D eigenvalue weighted by Crippen LogP contribution is 2.30. The van der Waals surface area contributed by atoms with E-state index in [9.17, 15) is 10.2 Å². The Kier molecular flexibility index (Phi) is 3.13. The number of hydrogen-bond donors (Lipinski definition) is 2. The van der Waals surface area contributed by atoms with Gasteiger partial charge in [-0.05, 0) is 37.0 Å². The van der Waals surface area contributed by atoms with Crippen molar-refractivity contribution in [1.82, 2.24) is 9.78 Å². The molecule has 2 heterocycles. The molecule has 19 heavy (non-hydrogen) atoms. The molecule has 1 aromatic carbocycles. The van der Waals surface area contributed by atoms with Crippen molar-refractivity contribution in [3.05, 3.63) is 30.6 Å². The zero-order chi connectivity index (χ0) is 13.2. The Hall–Kier alpha value is -2.01. The van der Waals surface area contributed by atoms with Gasteiger partial charge in [-0.1, -0.05) is 0 Å². The van der Waals surface area contributed by atoms with Crippen molar-refractivity contribution in [1.29, 1.82) is 0 Å². The maximum Gasteiger partial charge on any atom is 0.150 e. The molecule has 1 unspecified atom stereocenters. The third-order valence-electron chi connectivity index (χ3n) is 3.29. The summed E-state index contributed by atoms with van der Waals surface area (Å²) in [5.74, 6) is 0.0772. The fourth-order valence-electron chi connectivity index (χ4n) is 2.34. The zero-order valence-corrected chi connectivity index (χ0v) is 10.5. The van der Waals surface area contributed by atoms with Crippen LogP contribution < -0.4 is 0 Å². The Morgan fingerprint density at radius 3 is 2.58 bits per heavy atom. The van der Waals surface area contributed by atoms with Crippen molar-refractivity contribution in [2.24, 2.45) is 0 Å². The van der Waals surface area contributed by atoms with Crippen LogP contribution in [0.3, 0.4) is 0 Å². The molecule has 2 aromatic rings. The lowest BCUT2D eigenvalue weighted by Gasteiger charge is -2.22. The first-order chi connectivity index (χ1) is 9.22. The molecule has 2 N–H and O–H groups in total. The molecule has 1 atom stereocenters. The summed E-state index contributed by atoms with van der Waals surface area (Å²) < 4.78 is 7.46. The van der Waals surface area contributed by atoms with Crippen molar-refractivity contribution >= 4 is 0 Å². The van der Waals surface area contributed by atoms with Crippen LogP contribution in [0.5, 0.6) is 11.5 Å². The third kappa shape index (κ3) is 2.56. The summed E-state index contributed by atoms with van der Waals surface area (Å²) in [5.41, 5.74) is 1.58.